The smallest absolute Gasteiger partial charge is 0.0948 e. The monoisotopic (exact) mass is 382 g/mol. The molecule has 3 rings (SSSR count). The summed E-state index contributed by atoms with van der Waals surface area (Å²) < 4.78 is 0. The summed E-state index contributed by atoms with van der Waals surface area (Å²) in [6.07, 6.45) is 0. The third-order valence-corrected chi connectivity index (χ3v) is 4.15. The maximum atomic E-state index is 5.81. The molecule has 0 saturated carbocycles. The summed E-state index contributed by atoms with van der Waals surface area (Å²) in [4.78, 5) is 0. The number of hydrogen-bond donors (Lipinski definition) is 2. The van der Waals surface area contributed by atoms with Crippen LogP contribution in [0.4, 0.5) is 0 Å². The average molecular weight is 383 g/mol. The van der Waals surface area contributed by atoms with E-state index in [0.717, 1.165) is 6.54 Å². The van der Waals surface area contributed by atoms with Crippen molar-refractivity contribution < 1.29 is 0 Å². The van der Waals surface area contributed by atoms with E-state index in [4.69, 9.17) is 5.73 Å². The first-order valence-corrected chi connectivity index (χ1v) is 7.99. The van der Waals surface area contributed by atoms with Crippen LogP contribution >= 0.6 is 17.0 Å². The van der Waals surface area contributed by atoms with E-state index in [0.29, 0.717) is 6.54 Å². The molecule has 3 aromatic carbocycles. The largest absolute Gasteiger partial charge is 0.329 e. The molecule has 3 aromatic rings. The molecule has 0 aliphatic heterocycles. The van der Waals surface area contributed by atoms with Crippen LogP contribution in [-0.4, -0.2) is 13.1 Å². The molecule has 0 aliphatic carbocycles. The fourth-order valence-electron chi connectivity index (χ4n) is 3.13. The van der Waals surface area contributed by atoms with Crippen molar-refractivity contribution in [3.8, 4) is 0 Å². The van der Waals surface area contributed by atoms with Crippen molar-refractivity contribution in [1.29, 1.82) is 0 Å². The highest BCUT2D eigenvalue weighted by Gasteiger charge is 2.35. The molecule has 3 heteroatoms. The van der Waals surface area contributed by atoms with Crippen LogP contribution in [0, 0.1) is 0 Å². The molecule has 3 N–H and O–H groups in total. The molecule has 24 heavy (non-hydrogen) atoms. The second-order valence-corrected chi connectivity index (χ2v) is 5.56. The van der Waals surface area contributed by atoms with Gasteiger partial charge in [-0.15, -0.1) is 17.0 Å². The van der Waals surface area contributed by atoms with E-state index in [2.05, 4.69) is 78.1 Å². The van der Waals surface area contributed by atoms with Crippen LogP contribution in [0.5, 0.6) is 0 Å². The molecule has 0 fully saturated rings. The molecular formula is C21H23BrN2. The summed E-state index contributed by atoms with van der Waals surface area (Å²) >= 11 is 0. The van der Waals surface area contributed by atoms with Gasteiger partial charge in [0.05, 0.1) is 5.54 Å². The molecule has 2 nitrogen and oxygen atoms in total. The van der Waals surface area contributed by atoms with Gasteiger partial charge >= 0.3 is 0 Å². The predicted octanol–water partition coefficient (Wildman–Crippen LogP) is 4.10. The summed E-state index contributed by atoms with van der Waals surface area (Å²) in [5, 5.41) is 3.71. The molecular weight excluding hydrogens is 360 g/mol. The van der Waals surface area contributed by atoms with E-state index >= 15 is 0 Å². The molecule has 0 atom stereocenters. The van der Waals surface area contributed by atoms with E-state index in [1.165, 1.54) is 16.7 Å². The van der Waals surface area contributed by atoms with Gasteiger partial charge in [-0.2, -0.15) is 0 Å². The van der Waals surface area contributed by atoms with Crippen molar-refractivity contribution >= 4 is 17.0 Å². The highest BCUT2D eigenvalue weighted by molar-refractivity contribution is 8.93. The number of nitrogens with one attached hydrogen (secondary N) is 1. The third kappa shape index (κ3) is 3.59. The van der Waals surface area contributed by atoms with Crippen LogP contribution in [0.2, 0.25) is 0 Å². The summed E-state index contributed by atoms with van der Waals surface area (Å²) in [6, 6.07) is 31.7. The third-order valence-electron chi connectivity index (χ3n) is 4.15. The lowest BCUT2D eigenvalue weighted by molar-refractivity contribution is 0.479. The molecule has 0 radical (unpaired) electrons. The Hall–Kier alpha value is -1.94. The van der Waals surface area contributed by atoms with E-state index in [1.54, 1.807) is 0 Å². The van der Waals surface area contributed by atoms with Gasteiger partial charge in [0.25, 0.3) is 0 Å². The van der Waals surface area contributed by atoms with E-state index in [9.17, 15) is 0 Å². The number of halogens is 1. The fourth-order valence-corrected chi connectivity index (χ4v) is 3.13. The van der Waals surface area contributed by atoms with Crippen molar-refractivity contribution in [3.05, 3.63) is 108 Å². The molecule has 0 saturated heterocycles. The number of rotatable bonds is 6. The molecule has 0 unspecified atom stereocenters. The highest BCUT2D eigenvalue weighted by atomic mass is 79.9. The minimum atomic E-state index is -0.400. The van der Waals surface area contributed by atoms with E-state index in [-0.39, 0.29) is 17.0 Å². The van der Waals surface area contributed by atoms with Crippen LogP contribution in [-0.2, 0) is 5.54 Å². The van der Waals surface area contributed by atoms with Gasteiger partial charge in [-0.3, -0.25) is 5.32 Å². The Morgan fingerprint density at radius 1 is 0.625 bits per heavy atom. The Morgan fingerprint density at radius 2 is 0.958 bits per heavy atom. The topological polar surface area (TPSA) is 38.0 Å². The molecule has 0 amide bonds. The average Bonchev–Trinajstić information content (AvgIpc) is 2.65. The predicted molar refractivity (Wildman–Crippen MR) is 107 cm³/mol. The van der Waals surface area contributed by atoms with Gasteiger partial charge in [0.15, 0.2) is 0 Å². The van der Waals surface area contributed by atoms with Gasteiger partial charge < -0.3 is 5.73 Å². The molecule has 0 aromatic heterocycles. The lowest BCUT2D eigenvalue weighted by atomic mass is 9.77. The maximum Gasteiger partial charge on any atom is 0.0948 e. The van der Waals surface area contributed by atoms with Gasteiger partial charge in [0, 0.05) is 13.1 Å². The van der Waals surface area contributed by atoms with Gasteiger partial charge in [0.2, 0.25) is 0 Å². The SMILES string of the molecule is Br.NCCNC(c1ccccc1)(c1ccccc1)c1ccccc1. The van der Waals surface area contributed by atoms with Crippen LogP contribution in [0.1, 0.15) is 16.7 Å². The summed E-state index contributed by atoms with van der Waals surface area (Å²) in [5.41, 5.74) is 9.05. The number of nitrogens with two attached hydrogens (primary N) is 1. The van der Waals surface area contributed by atoms with Crippen molar-refractivity contribution in [2.24, 2.45) is 5.73 Å². The Kier molecular flexibility index (Phi) is 6.73. The first-order valence-electron chi connectivity index (χ1n) is 7.99. The first-order chi connectivity index (χ1) is 11.4. The van der Waals surface area contributed by atoms with Gasteiger partial charge in [-0.1, -0.05) is 91.0 Å². The van der Waals surface area contributed by atoms with Crippen molar-refractivity contribution in [1.82, 2.24) is 5.32 Å². The quantitative estimate of drug-likeness (QED) is 0.629. The van der Waals surface area contributed by atoms with Crippen LogP contribution in [0.15, 0.2) is 91.0 Å². The maximum absolute atomic E-state index is 5.81. The van der Waals surface area contributed by atoms with Crippen LogP contribution in [0.3, 0.4) is 0 Å². The van der Waals surface area contributed by atoms with E-state index < -0.39 is 5.54 Å². The molecule has 0 aliphatic rings. The standard InChI is InChI=1S/C21H22N2.BrH/c22-16-17-23-21(18-10-4-1-5-11-18,19-12-6-2-7-13-19)20-14-8-3-9-15-20;/h1-15,23H,16-17,22H2;1H. The zero-order chi connectivity index (χ0) is 16.0. The second-order valence-electron chi connectivity index (χ2n) is 5.56. The van der Waals surface area contributed by atoms with Gasteiger partial charge in [-0.25, -0.2) is 0 Å². The Balaban J connectivity index is 0.00000208. The van der Waals surface area contributed by atoms with E-state index in [1.807, 2.05) is 18.2 Å². The highest BCUT2D eigenvalue weighted by Crippen LogP contribution is 2.36. The van der Waals surface area contributed by atoms with Crippen LogP contribution in [0.25, 0.3) is 0 Å². The number of benzene rings is 3. The molecule has 0 heterocycles. The Labute approximate surface area is 154 Å². The Bertz CT molecular complexity index is 618. The van der Waals surface area contributed by atoms with Crippen molar-refractivity contribution in [3.63, 3.8) is 0 Å². The summed E-state index contributed by atoms with van der Waals surface area (Å²) in [5.74, 6) is 0. The van der Waals surface area contributed by atoms with Crippen molar-refractivity contribution in [2.75, 3.05) is 13.1 Å². The molecule has 124 valence electrons. The summed E-state index contributed by atoms with van der Waals surface area (Å²) in [6.45, 7) is 1.33. The minimum absolute atomic E-state index is 0. The molecule has 0 spiro atoms. The lowest BCUT2D eigenvalue weighted by Crippen LogP contribution is -2.46. The minimum Gasteiger partial charge on any atom is -0.329 e. The Morgan fingerprint density at radius 3 is 1.25 bits per heavy atom. The number of hydrogen-bond acceptors (Lipinski definition) is 2. The zero-order valence-corrected chi connectivity index (χ0v) is 15.3. The lowest BCUT2D eigenvalue weighted by Gasteiger charge is -2.37. The van der Waals surface area contributed by atoms with Crippen LogP contribution < -0.4 is 11.1 Å². The van der Waals surface area contributed by atoms with Gasteiger partial charge in [0.1, 0.15) is 0 Å². The fraction of sp³-hybridized carbons (Fsp3) is 0.143. The first kappa shape index (κ1) is 18.4. The second kappa shape index (κ2) is 8.78. The normalized spacial score (nSPS) is 10.9. The zero-order valence-electron chi connectivity index (χ0n) is 13.6. The van der Waals surface area contributed by atoms with Gasteiger partial charge in [-0.05, 0) is 16.7 Å². The molecule has 0 bridgehead atoms. The van der Waals surface area contributed by atoms with Crippen molar-refractivity contribution in [2.45, 2.75) is 5.54 Å². The summed E-state index contributed by atoms with van der Waals surface area (Å²) in [7, 11) is 0.